The van der Waals surface area contributed by atoms with Crippen molar-refractivity contribution in [1.29, 1.82) is 0 Å². The predicted octanol–water partition coefficient (Wildman–Crippen LogP) is 1.42. The average Bonchev–Trinajstić information content (AvgIpc) is 2.48. The Hall–Kier alpha value is -1.92. The molecule has 6 nitrogen and oxygen atoms in total. The second kappa shape index (κ2) is 5.83. The molecule has 1 heterocycles. The first-order valence-corrected chi connectivity index (χ1v) is 6.71. The summed E-state index contributed by atoms with van der Waals surface area (Å²) in [6.45, 7) is 2.74. The van der Waals surface area contributed by atoms with Gasteiger partial charge in [-0.1, -0.05) is 30.3 Å². The van der Waals surface area contributed by atoms with Crippen LogP contribution >= 0.6 is 0 Å². The van der Waals surface area contributed by atoms with Crippen LogP contribution in [0.5, 0.6) is 0 Å². The first kappa shape index (κ1) is 15.5. The van der Waals surface area contributed by atoms with Gasteiger partial charge in [0.15, 0.2) is 0 Å². The Labute approximate surface area is 123 Å². The van der Waals surface area contributed by atoms with Crippen molar-refractivity contribution < 1.29 is 24.2 Å². The van der Waals surface area contributed by atoms with Crippen LogP contribution in [0.1, 0.15) is 25.5 Å². The van der Waals surface area contributed by atoms with Gasteiger partial charge in [0.2, 0.25) is 5.79 Å². The first-order valence-electron chi connectivity index (χ1n) is 6.71. The van der Waals surface area contributed by atoms with Crippen molar-refractivity contribution in [3.8, 4) is 0 Å². The number of hydrogen-bond acceptors (Lipinski definition) is 4. The normalized spacial score (nSPS) is 29.5. The smallest absolute Gasteiger partial charge is 0.329 e. The van der Waals surface area contributed by atoms with Crippen molar-refractivity contribution in [2.24, 2.45) is 0 Å². The molecule has 1 aromatic rings. The summed E-state index contributed by atoms with van der Waals surface area (Å²) < 4.78 is 11.0. The molecular weight excluding hydrogens is 274 g/mol. The summed E-state index contributed by atoms with van der Waals surface area (Å²) in [5.41, 5.74) is 0.912. The number of ether oxygens (including phenoxy) is 2. The lowest BCUT2D eigenvalue weighted by atomic mass is 9.98. The second-order valence-corrected chi connectivity index (χ2v) is 5.23. The van der Waals surface area contributed by atoms with Crippen molar-refractivity contribution in [2.45, 2.75) is 31.8 Å². The number of likely N-dealkylation sites (N-methyl/N-ethyl adjacent to an activating group) is 1. The minimum atomic E-state index is -1.60. The SMILES string of the molecule is CC1C(c2ccccc2)OC(C)(OCC(=O)O)C(=O)N1C. The molecule has 1 amide bonds. The molecule has 3 unspecified atom stereocenters. The maximum atomic E-state index is 12.3. The zero-order valence-electron chi connectivity index (χ0n) is 12.3. The van der Waals surface area contributed by atoms with E-state index in [4.69, 9.17) is 14.6 Å². The van der Waals surface area contributed by atoms with Gasteiger partial charge in [-0.25, -0.2) is 4.79 Å². The van der Waals surface area contributed by atoms with Crippen LogP contribution in [0.4, 0.5) is 0 Å². The predicted molar refractivity (Wildman–Crippen MR) is 74.5 cm³/mol. The molecule has 0 bridgehead atoms. The minimum absolute atomic E-state index is 0.179. The van der Waals surface area contributed by atoms with Gasteiger partial charge in [0, 0.05) is 7.05 Å². The van der Waals surface area contributed by atoms with Crippen LogP contribution in [-0.2, 0) is 19.1 Å². The topological polar surface area (TPSA) is 76.1 Å². The lowest BCUT2D eigenvalue weighted by Gasteiger charge is -2.45. The van der Waals surface area contributed by atoms with Crippen LogP contribution in [0.15, 0.2) is 30.3 Å². The molecule has 0 saturated carbocycles. The van der Waals surface area contributed by atoms with Gasteiger partial charge in [0.1, 0.15) is 12.7 Å². The van der Waals surface area contributed by atoms with Crippen LogP contribution in [-0.4, -0.2) is 47.4 Å². The van der Waals surface area contributed by atoms with Crippen molar-refractivity contribution in [2.75, 3.05) is 13.7 Å². The Morgan fingerprint density at radius 3 is 2.62 bits per heavy atom. The quantitative estimate of drug-likeness (QED) is 0.908. The summed E-state index contributed by atoms with van der Waals surface area (Å²) in [7, 11) is 1.66. The Bertz CT molecular complexity index is 532. The van der Waals surface area contributed by atoms with E-state index in [9.17, 15) is 9.59 Å². The van der Waals surface area contributed by atoms with E-state index in [0.717, 1.165) is 5.56 Å². The summed E-state index contributed by atoms with van der Waals surface area (Å²) in [6.07, 6.45) is -0.382. The lowest BCUT2D eigenvalue weighted by molar-refractivity contribution is -0.274. The standard InChI is InChI=1S/C15H19NO5/c1-10-13(11-7-5-4-6-8-11)21-15(2,14(19)16(10)3)20-9-12(17)18/h4-8,10,13H,9H2,1-3H3,(H,17,18). The van der Waals surface area contributed by atoms with Crippen LogP contribution in [0, 0.1) is 0 Å². The number of morpholine rings is 1. The third-order valence-corrected chi connectivity index (χ3v) is 3.71. The molecule has 0 radical (unpaired) electrons. The van der Waals surface area contributed by atoms with E-state index < -0.39 is 18.4 Å². The highest BCUT2D eigenvalue weighted by Gasteiger charge is 2.48. The molecule has 1 fully saturated rings. The van der Waals surface area contributed by atoms with Gasteiger partial charge in [-0.15, -0.1) is 0 Å². The number of benzene rings is 1. The fraction of sp³-hybridized carbons (Fsp3) is 0.467. The van der Waals surface area contributed by atoms with Gasteiger partial charge in [0.25, 0.3) is 5.91 Å². The lowest BCUT2D eigenvalue weighted by Crippen LogP contribution is -2.59. The van der Waals surface area contributed by atoms with Crippen molar-refractivity contribution in [3.05, 3.63) is 35.9 Å². The molecule has 1 aliphatic heterocycles. The van der Waals surface area contributed by atoms with E-state index in [1.54, 1.807) is 7.05 Å². The molecule has 1 aliphatic rings. The van der Waals surface area contributed by atoms with Crippen LogP contribution in [0.3, 0.4) is 0 Å². The number of hydrogen-bond donors (Lipinski definition) is 1. The highest BCUT2D eigenvalue weighted by Crippen LogP contribution is 2.36. The fourth-order valence-electron chi connectivity index (χ4n) is 2.38. The molecule has 21 heavy (non-hydrogen) atoms. The first-order chi connectivity index (χ1) is 9.85. The number of aliphatic carboxylic acids is 1. The van der Waals surface area contributed by atoms with Gasteiger partial charge < -0.3 is 19.5 Å². The van der Waals surface area contributed by atoms with E-state index in [2.05, 4.69) is 0 Å². The third kappa shape index (κ3) is 3.06. The summed E-state index contributed by atoms with van der Waals surface area (Å²) in [6, 6.07) is 9.30. The number of carboxylic acid groups (broad SMARTS) is 1. The maximum Gasteiger partial charge on any atom is 0.329 e. The Kier molecular flexibility index (Phi) is 4.29. The maximum absolute atomic E-state index is 12.3. The monoisotopic (exact) mass is 293 g/mol. The van der Waals surface area contributed by atoms with Crippen molar-refractivity contribution in [3.63, 3.8) is 0 Å². The van der Waals surface area contributed by atoms with Gasteiger partial charge >= 0.3 is 5.97 Å². The summed E-state index contributed by atoms with van der Waals surface area (Å²) in [5.74, 6) is -3.13. The van der Waals surface area contributed by atoms with Gasteiger partial charge in [0.05, 0.1) is 6.04 Å². The van der Waals surface area contributed by atoms with Crippen LogP contribution in [0.2, 0.25) is 0 Å². The molecule has 3 atom stereocenters. The molecule has 114 valence electrons. The second-order valence-electron chi connectivity index (χ2n) is 5.23. The van der Waals surface area contributed by atoms with Crippen molar-refractivity contribution >= 4 is 11.9 Å². The Morgan fingerprint density at radius 2 is 2.05 bits per heavy atom. The molecule has 1 saturated heterocycles. The Balaban J connectivity index is 2.28. The van der Waals surface area contributed by atoms with Gasteiger partial charge in [-0.2, -0.15) is 0 Å². The molecule has 2 rings (SSSR count). The van der Waals surface area contributed by atoms with Crippen LogP contribution < -0.4 is 0 Å². The van der Waals surface area contributed by atoms with E-state index in [1.165, 1.54) is 11.8 Å². The zero-order valence-corrected chi connectivity index (χ0v) is 12.3. The number of amides is 1. The van der Waals surface area contributed by atoms with Gasteiger partial charge in [-0.05, 0) is 19.4 Å². The molecular formula is C15H19NO5. The van der Waals surface area contributed by atoms with Crippen LogP contribution in [0.25, 0.3) is 0 Å². The summed E-state index contributed by atoms with van der Waals surface area (Å²) >= 11 is 0. The average molecular weight is 293 g/mol. The van der Waals surface area contributed by atoms with E-state index in [0.29, 0.717) is 0 Å². The minimum Gasteiger partial charge on any atom is -0.480 e. The number of carbonyl (C=O) groups is 2. The Morgan fingerprint density at radius 1 is 1.43 bits per heavy atom. The fourth-order valence-corrected chi connectivity index (χ4v) is 2.38. The number of rotatable bonds is 4. The number of nitrogens with zero attached hydrogens (tertiary/aromatic N) is 1. The largest absolute Gasteiger partial charge is 0.480 e. The van der Waals surface area contributed by atoms with Crippen molar-refractivity contribution in [1.82, 2.24) is 4.90 Å². The number of carboxylic acids is 1. The highest BCUT2D eigenvalue weighted by molar-refractivity contribution is 5.84. The summed E-state index contributed by atoms with van der Waals surface area (Å²) in [5, 5.41) is 8.74. The highest BCUT2D eigenvalue weighted by atomic mass is 16.7. The molecule has 1 N–H and O–H groups in total. The molecule has 0 aliphatic carbocycles. The van der Waals surface area contributed by atoms with E-state index >= 15 is 0 Å². The molecule has 6 heteroatoms. The number of carbonyl (C=O) groups excluding carboxylic acids is 1. The molecule has 1 aromatic carbocycles. The van der Waals surface area contributed by atoms with Gasteiger partial charge in [-0.3, -0.25) is 4.79 Å². The zero-order chi connectivity index (χ0) is 15.6. The molecule has 0 spiro atoms. The van der Waals surface area contributed by atoms with E-state index in [-0.39, 0.29) is 18.1 Å². The third-order valence-electron chi connectivity index (χ3n) is 3.71. The summed E-state index contributed by atoms with van der Waals surface area (Å²) in [4.78, 5) is 24.5. The van der Waals surface area contributed by atoms with E-state index in [1.807, 2.05) is 37.3 Å². The molecule has 0 aromatic heterocycles.